The molecule has 1 aromatic carbocycles. The van der Waals surface area contributed by atoms with Gasteiger partial charge in [0.2, 0.25) is 5.88 Å². The highest BCUT2D eigenvalue weighted by Gasteiger charge is 2.29. The molecule has 2 aromatic heterocycles. The lowest BCUT2D eigenvalue weighted by molar-refractivity contribution is -0.148. The molecular formula is C21H23N5O3. The maximum Gasteiger partial charge on any atom is 0.310 e. The van der Waals surface area contributed by atoms with Gasteiger partial charge >= 0.3 is 5.97 Å². The normalized spacial score (nSPS) is 16.6. The molecule has 2 N–H and O–H groups in total. The largest absolute Gasteiger partial charge is 0.466 e. The third-order valence-corrected chi connectivity index (χ3v) is 4.97. The Morgan fingerprint density at radius 1 is 1.24 bits per heavy atom. The fraction of sp³-hybridized carbons (Fsp3) is 0.333. The number of anilines is 2. The number of ether oxygens (including phenoxy) is 2. The third kappa shape index (κ3) is 3.91. The van der Waals surface area contributed by atoms with Crippen molar-refractivity contribution in [3.8, 4) is 11.6 Å². The van der Waals surface area contributed by atoms with Gasteiger partial charge in [-0.1, -0.05) is 18.2 Å². The number of esters is 1. The second kappa shape index (κ2) is 8.30. The van der Waals surface area contributed by atoms with E-state index in [0.29, 0.717) is 30.4 Å². The molecule has 3 aromatic rings. The first-order chi connectivity index (χ1) is 14.2. The van der Waals surface area contributed by atoms with Crippen LogP contribution in [0.3, 0.4) is 0 Å². The quantitative estimate of drug-likeness (QED) is 0.659. The zero-order valence-corrected chi connectivity index (χ0v) is 16.2. The highest BCUT2D eigenvalue weighted by Crippen LogP contribution is 2.35. The molecule has 1 aliphatic heterocycles. The smallest absolute Gasteiger partial charge is 0.310 e. The average molecular weight is 393 g/mol. The topological polar surface area (TPSA) is 103 Å². The summed E-state index contributed by atoms with van der Waals surface area (Å²) in [6.45, 7) is 3.45. The molecule has 1 saturated heterocycles. The number of nitrogen functional groups attached to an aromatic ring is 1. The van der Waals surface area contributed by atoms with Gasteiger partial charge < -0.3 is 20.1 Å². The molecule has 0 aliphatic carbocycles. The average Bonchev–Trinajstić information content (AvgIpc) is 2.76. The highest BCUT2D eigenvalue weighted by atomic mass is 16.5. The molecule has 0 radical (unpaired) electrons. The number of nitrogens with two attached hydrogens (primary N) is 1. The molecule has 8 nitrogen and oxygen atoms in total. The Morgan fingerprint density at radius 3 is 2.97 bits per heavy atom. The summed E-state index contributed by atoms with van der Waals surface area (Å²) in [5.41, 5.74) is 7.43. The van der Waals surface area contributed by atoms with Gasteiger partial charge in [-0.2, -0.15) is 4.98 Å². The van der Waals surface area contributed by atoms with Crippen molar-refractivity contribution in [3.63, 3.8) is 0 Å². The lowest BCUT2D eigenvalue weighted by Crippen LogP contribution is -2.40. The van der Waals surface area contributed by atoms with Gasteiger partial charge in [0.25, 0.3) is 0 Å². The van der Waals surface area contributed by atoms with Crippen LogP contribution < -0.4 is 15.4 Å². The maximum absolute atomic E-state index is 12.1. The monoisotopic (exact) mass is 393 g/mol. The zero-order chi connectivity index (χ0) is 20.2. The van der Waals surface area contributed by atoms with E-state index in [1.807, 2.05) is 42.2 Å². The summed E-state index contributed by atoms with van der Waals surface area (Å²) in [5.74, 6) is 1.04. The van der Waals surface area contributed by atoms with E-state index in [0.717, 1.165) is 30.3 Å². The number of nitrogens with zero attached hydrogens (tertiary/aromatic N) is 4. The number of hydrogen-bond donors (Lipinski definition) is 1. The number of carbonyl (C=O) groups is 1. The van der Waals surface area contributed by atoms with Crippen LogP contribution in [-0.4, -0.2) is 40.6 Å². The van der Waals surface area contributed by atoms with Crippen molar-refractivity contribution < 1.29 is 14.3 Å². The summed E-state index contributed by atoms with van der Waals surface area (Å²) >= 11 is 0. The fourth-order valence-corrected chi connectivity index (χ4v) is 3.59. The molecule has 3 heterocycles. The molecule has 1 unspecified atom stereocenters. The van der Waals surface area contributed by atoms with Gasteiger partial charge in [0.1, 0.15) is 17.5 Å². The van der Waals surface area contributed by atoms with Gasteiger partial charge in [-0.15, -0.1) is 0 Å². The zero-order valence-electron chi connectivity index (χ0n) is 16.2. The van der Waals surface area contributed by atoms with Crippen LogP contribution in [0.25, 0.3) is 10.9 Å². The van der Waals surface area contributed by atoms with Crippen LogP contribution in [-0.2, 0) is 9.53 Å². The van der Waals surface area contributed by atoms with Crippen molar-refractivity contribution in [2.24, 2.45) is 5.92 Å². The molecule has 0 bridgehead atoms. The molecule has 4 rings (SSSR count). The van der Waals surface area contributed by atoms with E-state index < -0.39 is 0 Å². The van der Waals surface area contributed by atoms with Crippen LogP contribution in [0, 0.1) is 5.92 Å². The van der Waals surface area contributed by atoms with Crippen molar-refractivity contribution in [1.82, 2.24) is 15.0 Å². The second-order valence-corrected chi connectivity index (χ2v) is 6.89. The van der Waals surface area contributed by atoms with Crippen molar-refractivity contribution in [2.75, 3.05) is 30.3 Å². The number of aromatic nitrogens is 3. The standard InChI is InChI=1S/C21H23N5O3/c1-2-28-21(27)15-8-5-11-26(12-15)19-17(22)20(25-13-24-19)29-16-9-3-6-14-7-4-10-23-18(14)16/h3-4,6-7,9-10,13,15H,2,5,8,11-12,22H2,1H3. The summed E-state index contributed by atoms with van der Waals surface area (Å²) in [4.78, 5) is 27.1. The Kier molecular flexibility index (Phi) is 5.41. The summed E-state index contributed by atoms with van der Waals surface area (Å²) in [6, 6.07) is 9.53. The van der Waals surface area contributed by atoms with Gasteiger partial charge in [-0.3, -0.25) is 9.78 Å². The molecule has 0 amide bonds. The van der Waals surface area contributed by atoms with Gasteiger partial charge in [-0.25, -0.2) is 4.98 Å². The van der Waals surface area contributed by atoms with E-state index in [4.69, 9.17) is 15.2 Å². The SMILES string of the molecule is CCOC(=O)C1CCCN(c2ncnc(Oc3cccc4cccnc34)c2N)C1. The summed E-state index contributed by atoms with van der Waals surface area (Å²) in [6.07, 6.45) is 4.79. The Balaban J connectivity index is 1.60. The van der Waals surface area contributed by atoms with Crippen LogP contribution in [0.2, 0.25) is 0 Å². The number of benzene rings is 1. The van der Waals surface area contributed by atoms with Crippen molar-refractivity contribution in [3.05, 3.63) is 42.9 Å². The Hall–Kier alpha value is -3.42. The first kappa shape index (κ1) is 18.9. The Labute approximate surface area is 168 Å². The predicted octanol–water partition coefficient (Wildman–Crippen LogP) is 3.18. The van der Waals surface area contributed by atoms with E-state index in [-0.39, 0.29) is 17.8 Å². The van der Waals surface area contributed by atoms with Crippen molar-refractivity contribution in [2.45, 2.75) is 19.8 Å². The van der Waals surface area contributed by atoms with Crippen molar-refractivity contribution >= 4 is 28.4 Å². The Bertz CT molecular complexity index is 1020. The van der Waals surface area contributed by atoms with Crippen LogP contribution >= 0.6 is 0 Å². The van der Waals surface area contributed by atoms with E-state index in [9.17, 15) is 4.79 Å². The molecule has 1 fully saturated rings. The number of carbonyl (C=O) groups excluding carboxylic acids is 1. The minimum Gasteiger partial charge on any atom is -0.466 e. The first-order valence-corrected chi connectivity index (χ1v) is 9.71. The molecule has 8 heteroatoms. The summed E-state index contributed by atoms with van der Waals surface area (Å²) < 4.78 is 11.2. The fourth-order valence-electron chi connectivity index (χ4n) is 3.59. The summed E-state index contributed by atoms with van der Waals surface area (Å²) in [7, 11) is 0. The second-order valence-electron chi connectivity index (χ2n) is 6.89. The molecular weight excluding hydrogens is 370 g/mol. The van der Waals surface area contributed by atoms with Crippen LogP contribution in [0.15, 0.2) is 42.9 Å². The van der Waals surface area contributed by atoms with E-state index in [2.05, 4.69) is 15.0 Å². The molecule has 1 aliphatic rings. The number of fused-ring (bicyclic) bond motifs is 1. The van der Waals surface area contributed by atoms with Crippen LogP contribution in [0.4, 0.5) is 11.5 Å². The first-order valence-electron chi connectivity index (χ1n) is 9.71. The van der Waals surface area contributed by atoms with E-state index in [1.165, 1.54) is 6.33 Å². The number of para-hydroxylation sites is 1. The number of hydrogen-bond acceptors (Lipinski definition) is 8. The maximum atomic E-state index is 12.1. The number of piperidine rings is 1. The van der Waals surface area contributed by atoms with E-state index >= 15 is 0 Å². The lowest BCUT2D eigenvalue weighted by atomic mass is 9.98. The van der Waals surface area contributed by atoms with Gasteiger partial charge in [0.15, 0.2) is 11.6 Å². The van der Waals surface area contributed by atoms with Gasteiger partial charge in [0, 0.05) is 24.7 Å². The van der Waals surface area contributed by atoms with Crippen molar-refractivity contribution in [1.29, 1.82) is 0 Å². The van der Waals surface area contributed by atoms with Gasteiger partial charge in [0.05, 0.1) is 12.5 Å². The minimum absolute atomic E-state index is 0.178. The van der Waals surface area contributed by atoms with Crippen LogP contribution in [0.5, 0.6) is 11.6 Å². The number of pyridine rings is 1. The van der Waals surface area contributed by atoms with Gasteiger partial charge in [-0.05, 0) is 31.9 Å². The third-order valence-electron chi connectivity index (χ3n) is 4.97. The molecule has 0 saturated carbocycles. The molecule has 150 valence electrons. The van der Waals surface area contributed by atoms with E-state index in [1.54, 1.807) is 6.20 Å². The number of rotatable bonds is 5. The molecule has 0 spiro atoms. The highest BCUT2D eigenvalue weighted by molar-refractivity contribution is 5.84. The molecule has 1 atom stereocenters. The van der Waals surface area contributed by atoms with Crippen LogP contribution in [0.1, 0.15) is 19.8 Å². The minimum atomic E-state index is -0.190. The lowest BCUT2D eigenvalue weighted by Gasteiger charge is -2.33. The Morgan fingerprint density at radius 2 is 2.10 bits per heavy atom. The predicted molar refractivity (Wildman–Crippen MR) is 110 cm³/mol. The molecule has 29 heavy (non-hydrogen) atoms. The summed E-state index contributed by atoms with van der Waals surface area (Å²) in [5, 5.41) is 0.964.